The Kier molecular flexibility index (Phi) is 4.02. The van der Waals surface area contributed by atoms with E-state index in [-0.39, 0.29) is 0 Å². The van der Waals surface area contributed by atoms with Gasteiger partial charge in [-0.15, -0.1) is 0 Å². The van der Waals surface area contributed by atoms with Crippen LogP contribution in [0, 0.1) is 0 Å². The fourth-order valence-electron chi connectivity index (χ4n) is 1.79. The van der Waals surface area contributed by atoms with Crippen LogP contribution in [0.3, 0.4) is 0 Å². The topological polar surface area (TPSA) is 28.4 Å². The number of nitrogens with one attached hydrogen (secondary N) is 1. The van der Waals surface area contributed by atoms with Gasteiger partial charge >= 0.3 is 0 Å². The number of furan rings is 1. The van der Waals surface area contributed by atoms with E-state index in [9.17, 15) is 0 Å². The molecule has 0 bridgehead atoms. The Balaban J connectivity index is 1.66. The Morgan fingerprint density at radius 2 is 2.12 bits per heavy atom. The summed E-state index contributed by atoms with van der Waals surface area (Å²) in [5.41, 5.74) is 0. The van der Waals surface area contributed by atoms with Gasteiger partial charge in [0.05, 0.1) is 6.54 Å². The third-order valence-corrected chi connectivity index (χ3v) is 3.00. The van der Waals surface area contributed by atoms with Gasteiger partial charge in [-0.25, -0.2) is 0 Å². The zero-order chi connectivity index (χ0) is 11.4. The van der Waals surface area contributed by atoms with Gasteiger partial charge in [-0.3, -0.25) is 4.90 Å². The molecule has 0 unspecified atom stereocenters. The predicted molar refractivity (Wildman–Crippen MR) is 65.4 cm³/mol. The van der Waals surface area contributed by atoms with Crippen LogP contribution in [-0.4, -0.2) is 31.1 Å². The molecule has 1 aromatic heterocycles. The van der Waals surface area contributed by atoms with Crippen LogP contribution in [0.5, 0.6) is 0 Å². The Bertz CT molecular complexity index is 317. The first-order valence-electron chi connectivity index (χ1n) is 6.27. The van der Waals surface area contributed by atoms with E-state index in [0.717, 1.165) is 43.6 Å². The van der Waals surface area contributed by atoms with Crippen LogP contribution in [0.4, 0.5) is 0 Å². The molecule has 1 aromatic rings. The zero-order valence-corrected chi connectivity index (χ0v) is 10.3. The minimum Gasteiger partial charge on any atom is -0.465 e. The number of likely N-dealkylation sites (N-methyl/N-ethyl adjacent to an activating group) is 1. The van der Waals surface area contributed by atoms with E-state index in [4.69, 9.17) is 4.42 Å². The highest BCUT2D eigenvalue weighted by Crippen LogP contribution is 2.18. The van der Waals surface area contributed by atoms with Gasteiger partial charge in [0.15, 0.2) is 0 Å². The van der Waals surface area contributed by atoms with Crippen LogP contribution in [0.1, 0.15) is 31.3 Å². The van der Waals surface area contributed by atoms with Gasteiger partial charge in [-0.2, -0.15) is 0 Å². The second kappa shape index (κ2) is 5.51. The lowest BCUT2D eigenvalue weighted by Gasteiger charge is -2.15. The Morgan fingerprint density at radius 3 is 2.75 bits per heavy atom. The quantitative estimate of drug-likeness (QED) is 0.765. The molecule has 90 valence electrons. The Hall–Kier alpha value is -0.800. The van der Waals surface area contributed by atoms with E-state index in [2.05, 4.69) is 36.3 Å². The molecule has 16 heavy (non-hydrogen) atoms. The summed E-state index contributed by atoms with van der Waals surface area (Å²) in [5.74, 6) is 2.16. The maximum Gasteiger partial charge on any atom is 0.118 e. The van der Waals surface area contributed by atoms with Gasteiger partial charge < -0.3 is 9.73 Å². The molecule has 0 aliphatic heterocycles. The molecule has 1 aliphatic rings. The summed E-state index contributed by atoms with van der Waals surface area (Å²) in [7, 11) is 2.14. The highest BCUT2D eigenvalue weighted by atomic mass is 16.3. The lowest BCUT2D eigenvalue weighted by atomic mass is 10.3. The first-order chi connectivity index (χ1) is 7.78. The number of rotatable bonds is 7. The fraction of sp³-hybridized carbons (Fsp3) is 0.692. The van der Waals surface area contributed by atoms with E-state index in [1.54, 1.807) is 0 Å². The van der Waals surface area contributed by atoms with Crippen molar-refractivity contribution >= 4 is 0 Å². The third-order valence-electron chi connectivity index (χ3n) is 3.00. The van der Waals surface area contributed by atoms with Crippen LogP contribution in [-0.2, 0) is 13.0 Å². The highest BCUT2D eigenvalue weighted by Gasteiger charge is 2.19. The molecule has 1 saturated carbocycles. The summed E-state index contributed by atoms with van der Waals surface area (Å²) in [5, 5.41) is 3.52. The van der Waals surface area contributed by atoms with Crippen LogP contribution in [0.15, 0.2) is 16.5 Å². The van der Waals surface area contributed by atoms with E-state index in [0.29, 0.717) is 0 Å². The molecule has 3 nitrogen and oxygen atoms in total. The van der Waals surface area contributed by atoms with Gasteiger partial charge in [0.25, 0.3) is 0 Å². The molecule has 3 heteroatoms. The maximum atomic E-state index is 5.68. The molecule has 1 fully saturated rings. The summed E-state index contributed by atoms with van der Waals surface area (Å²) in [6.45, 7) is 5.19. The molecule has 1 aliphatic carbocycles. The second-order valence-electron chi connectivity index (χ2n) is 4.69. The molecular weight excluding hydrogens is 200 g/mol. The fourth-order valence-corrected chi connectivity index (χ4v) is 1.79. The van der Waals surface area contributed by atoms with Crippen LogP contribution < -0.4 is 5.32 Å². The molecule has 1 heterocycles. The minimum atomic E-state index is 0.809. The van der Waals surface area contributed by atoms with Crippen molar-refractivity contribution in [3.8, 4) is 0 Å². The standard InChI is InChI=1S/C13H22N2O/c1-3-12-6-7-13(16-12)10-15(2)9-8-14-11-4-5-11/h6-7,11,14H,3-5,8-10H2,1-2H3. The van der Waals surface area contributed by atoms with E-state index in [1.807, 2.05) is 0 Å². The Labute approximate surface area is 97.8 Å². The van der Waals surface area contributed by atoms with E-state index < -0.39 is 0 Å². The first-order valence-corrected chi connectivity index (χ1v) is 6.27. The zero-order valence-electron chi connectivity index (χ0n) is 10.3. The summed E-state index contributed by atoms with van der Waals surface area (Å²) in [6.07, 6.45) is 3.70. The smallest absolute Gasteiger partial charge is 0.118 e. The molecular formula is C13H22N2O. The monoisotopic (exact) mass is 222 g/mol. The van der Waals surface area contributed by atoms with Crippen LogP contribution in [0.25, 0.3) is 0 Å². The highest BCUT2D eigenvalue weighted by molar-refractivity contribution is 5.06. The molecule has 0 aromatic carbocycles. The number of hydrogen-bond donors (Lipinski definition) is 1. The molecule has 0 atom stereocenters. The molecule has 0 spiro atoms. The molecule has 0 saturated heterocycles. The van der Waals surface area contributed by atoms with Gasteiger partial charge in [-0.05, 0) is 32.0 Å². The normalized spacial score (nSPS) is 15.9. The van der Waals surface area contributed by atoms with Crippen molar-refractivity contribution in [1.82, 2.24) is 10.2 Å². The van der Waals surface area contributed by atoms with Gasteiger partial charge in [-0.1, -0.05) is 6.92 Å². The largest absolute Gasteiger partial charge is 0.465 e. The minimum absolute atomic E-state index is 0.809. The third kappa shape index (κ3) is 3.65. The lowest BCUT2D eigenvalue weighted by molar-refractivity contribution is 0.290. The van der Waals surface area contributed by atoms with Crippen molar-refractivity contribution in [2.24, 2.45) is 0 Å². The van der Waals surface area contributed by atoms with Crippen molar-refractivity contribution in [2.45, 2.75) is 38.8 Å². The molecule has 2 rings (SSSR count). The van der Waals surface area contributed by atoms with Crippen LogP contribution >= 0.6 is 0 Å². The summed E-state index contributed by atoms with van der Waals surface area (Å²) >= 11 is 0. The van der Waals surface area contributed by atoms with Crippen molar-refractivity contribution in [3.63, 3.8) is 0 Å². The predicted octanol–water partition coefficient (Wildman–Crippen LogP) is 2.03. The number of aryl methyl sites for hydroxylation is 1. The first kappa shape index (κ1) is 11.7. The SMILES string of the molecule is CCc1ccc(CN(C)CCNC2CC2)o1. The van der Waals surface area contributed by atoms with Crippen molar-refractivity contribution < 1.29 is 4.42 Å². The number of nitrogens with zero attached hydrogens (tertiary/aromatic N) is 1. The van der Waals surface area contributed by atoms with Gasteiger partial charge in [0.1, 0.15) is 11.5 Å². The van der Waals surface area contributed by atoms with Gasteiger partial charge in [0.2, 0.25) is 0 Å². The van der Waals surface area contributed by atoms with E-state index >= 15 is 0 Å². The lowest BCUT2D eigenvalue weighted by Crippen LogP contribution is -2.29. The second-order valence-corrected chi connectivity index (χ2v) is 4.69. The van der Waals surface area contributed by atoms with E-state index in [1.165, 1.54) is 12.8 Å². The molecule has 1 N–H and O–H groups in total. The Morgan fingerprint density at radius 1 is 1.38 bits per heavy atom. The summed E-state index contributed by atoms with van der Waals surface area (Å²) < 4.78 is 5.68. The number of hydrogen-bond acceptors (Lipinski definition) is 3. The molecule has 0 radical (unpaired) electrons. The maximum absolute atomic E-state index is 5.68. The van der Waals surface area contributed by atoms with Crippen molar-refractivity contribution in [2.75, 3.05) is 20.1 Å². The van der Waals surface area contributed by atoms with Crippen molar-refractivity contribution in [1.29, 1.82) is 0 Å². The average Bonchev–Trinajstić information content (AvgIpc) is 2.97. The molecule has 0 amide bonds. The summed E-state index contributed by atoms with van der Waals surface area (Å²) in [6, 6.07) is 4.97. The van der Waals surface area contributed by atoms with Crippen LogP contribution in [0.2, 0.25) is 0 Å². The van der Waals surface area contributed by atoms with Crippen molar-refractivity contribution in [3.05, 3.63) is 23.7 Å². The summed E-state index contributed by atoms with van der Waals surface area (Å²) in [4.78, 5) is 2.30. The average molecular weight is 222 g/mol. The van der Waals surface area contributed by atoms with Gasteiger partial charge in [0, 0.05) is 25.6 Å².